The van der Waals surface area contributed by atoms with Crippen molar-refractivity contribution >= 4 is 34.3 Å². The summed E-state index contributed by atoms with van der Waals surface area (Å²) in [5, 5.41) is 13.6. The Labute approximate surface area is 121 Å². The fourth-order valence-corrected chi connectivity index (χ4v) is 2.62. The highest BCUT2D eigenvalue weighted by molar-refractivity contribution is 6.35. The maximum Gasteiger partial charge on any atom is 0.322 e. The van der Waals surface area contributed by atoms with Crippen molar-refractivity contribution in [3.05, 3.63) is 35.4 Å². The molecule has 1 aromatic heterocycles. The third-order valence-corrected chi connectivity index (χ3v) is 3.76. The number of carboxylic acid groups (broad SMARTS) is 1. The van der Waals surface area contributed by atoms with E-state index in [1.165, 1.54) is 0 Å². The molecule has 5 nitrogen and oxygen atoms in total. The molecule has 1 fully saturated rings. The van der Waals surface area contributed by atoms with Crippen LogP contribution >= 0.6 is 11.6 Å². The number of benzene rings is 1. The number of rotatable bonds is 2. The molecule has 1 atom stereocenters. The van der Waals surface area contributed by atoms with Gasteiger partial charge in [-0.3, -0.25) is 4.79 Å². The van der Waals surface area contributed by atoms with Gasteiger partial charge in [-0.2, -0.15) is 0 Å². The van der Waals surface area contributed by atoms with Gasteiger partial charge in [0.25, 0.3) is 0 Å². The number of carbonyl (C=O) groups is 1. The number of para-hydroxylation sites is 1. The Morgan fingerprint density at radius 1 is 1.40 bits per heavy atom. The molecular formula is C14H14ClN3O2. The van der Waals surface area contributed by atoms with Crippen LogP contribution in [0.3, 0.4) is 0 Å². The van der Waals surface area contributed by atoms with Crippen molar-refractivity contribution in [2.75, 3.05) is 24.5 Å². The van der Waals surface area contributed by atoms with E-state index in [4.69, 9.17) is 16.7 Å². The lowest BCUT2D eigenvalue weighted by Crippen LogP contribution is -2.54. The number of anilines is 1. The van der Waals surface area contributed by atoms with E-state index in [1.54, 1.807) is 6.07 Å². The normalized spacial score (nSPS) is 19.2. The molecule has 6 heteroatoms. The minimum atomic E-state index is -0.839. The SMILES string of the molecule is O=C(O)[C@H]1CN(c2ccc3cccc(Cl)c3n2)CCN1. The molecule has 0 bridgehead atoms. The highest BCUT2D eigenvalue weighted by Crippen LogP contribution is 2.24. The van der Waals surface area contributed by atoms with E-state index >= 15 is 0 Å². The van der Waals surface area contributed by atoms with E-state index in [1.807, 2.05) is 29.2 Å². The molecule has 0 aliphatic carbocycles. The number of carboxylic acids is 1. The summed E-state index contributed by atoms with van der Waals surface area (Å²) in [4.78, 5) is 17.6. The lowest BCUT2D eigenvalue weighted by molar-refractivity contribution is -0.139. The number of halogens is 1. The van der Waals surface area contributed by atoms with Gasteiger partial charge in [0.05, 0.1) is 10.5 Å². The topological polar surface area (TPSA) is 65.5 Å². The first-order chi connectivity index (χ1) is 9.65. The minimum absolute atomic E-state index is 0.401. The second kappa shape index (κ2) is 5.26. The quantitative estimate of drug-likeness (QED) is 0.882. The number of pyridine rings is 1. The summed E-state index contributed by atoms with van der Waals surface area (Å²) in [7, 11) is 0. The molecule has 1 saturated heterocycles. The Hall–Kier alpha value is -1.85. The molecule has 0 amide bonds. The van der Waals surface area contributed by atoms with Crippen molar-refractivity contribution in [3.8, 4) is 0 Å². The second-order valence-electron chi connectivity index (χ2n) is 4.77. The van der Waals surface area contributed by atoms with Crippen molar-refractivity contribution in [3.63, 3.8) is 0 Å². The maximum absolute atomic E-state index is 11.1. The Morgan fingerprint density at radius 2 is 2.25 bits per heavy atom. The molecule has 20 heavy (non-hydrogen) atoms. The Kier molecular flexibility index (Phi) is 3.46. The number of nitrogens with one attached hydrogen (secondary N) is 1. The van der Waals surface area contributed by atoms with Crippen molar-refractivity contribution in [2.24, 2.45) is 0 Å². The van der Waals surface area contributed by atoms with Crippen LogP contribution < -0.4 is 10.2 Å². The summed E-state index contributed by atoms with van der Waals surface area (Å²) >= 11 is 6.16. The molecule has 2 N–H and O–H groups in total. The zero-order valence-corrected chi connectivity index (χ0v) is 11.5. The van der Waals surface area contributed by atoms with Crippen molar-refractivity contribution < 1.29 is 9.90 Å². The van der Waals surface area contributed by atoms with E-state index < -0.39 is 12.0 Å². The molecule has 0 radical (unpaired) electrons. The Bertz CT molecular complexity index is 662. The standard InChI is InChI=1S/C14H14ClN3O2/c15-10-3-1-2-9-4-5-12(17-13(9)10)18-7-6-16-11(8-18)14(19)20/h1-5,11,16H,6-8H2,(H,19,20)/t11-/m1/s1. The van der Waals surface area contributed by atoms with Crippen LogP contribution in [0.5, 0.6) is 0 Å². The number of hydrogen-bond acceptors (Lipinski definition) is 4. The lowest BCUT2D eigenvalue weighted by Gasteiger charge is -2.32. The van der Waals surface area contributed by atoms with Crippen LogP contribution in [0.4, 0.5) is 5.82 Å². The van der Waals surface area contributed by atoms with Crippen LogP contribution in [0.2, 0.25) is 5.02 Å². The largest absolute Gasteiger partial charge is 0.480 e. The van der Waals surface area contributed by atoms with Crippen LogP contribution in [-0.4, -0.2) is 41.7 Å². The first-order valence-electron chi connectivity index (χ1n) is 6.41. The third-order valence-electron chi connectivity index (χ3n) is 3.45. The van der Waals surface area contributed by atoms with Crippen molar-refractivity contribution in [1.29, 1.82) is 0 Å². The molecule has 1 aliphatic rings. The first-order valence-corrected chi connectivity index (χ1v) is 6.79. The number of piperazine rings is 1. The zero-order chi connectivity index (χ0) is 14.1. The molecule has 2 aromatic rings. The van der Waals surface area contributed by atoms with Crippen LogP contribution in [0.25, 0.3) is 10.9 Å². The summed E-state index contributed by atoms with van der Waals surface area (Å²) in [6, 6.07) is 8.95. The van der Waals surface area contributed by atoms with Crippen molar-refractivity contribution in [1.82, 2.24) is 10.3 Å². The van der Waals surface area contributed by atoms with E-state index in [0.29, 0.717) is 18.1 Å². The highest BCUT2D eigenvalue weighted by Gasteiger charge is 2.25. The van der Waals surface area contributed by atoms with Crippen LogP contribution in [0, 0.1) is 0 Å². The smallest absolute Gasteiger partial charge is 0.322 e. The van der Waals surface area contributed by atoms with Gasteiger partial charge < -0.3 is 15.3 Å². The van der Waals surface area contributed by atoms with Crippen LogP contribution in [0.15, 0.2) is 30.3 Å². The van der Waals surface area contributed by atoms with E-state index in [9.17, 15) is 4.79 Å². The Balaban J connectivity index is 1.93. The zero-order valence-electron chi connectivity index (χ0n) is 10.7. The van der Waals surface area contributed by atoms with Gasteiger partial charge in [-0.15, -0.1) is 0 Å². The van der Waals surface area contributed by atoms with Gasteiger partial charge in [-0.05, 0) is 18.2 Å². The fourth-order valence-electron chi connectivity index (χ4n) is 2.40. The highest BCUT2D eigenvalue weighted by atomic mass is 35.5. The summed E-state index contributed by atoms with van der Waals surface area (Å²) in [5.74, 6) is -0.0770. The minimum Gasteiger partial charge on any atom is -0.480 e. The molecular weight excluding hydrogens is 278 g/mol. The fraction of sp³-hybridized carbons (Fsp3) is 0.286. The number of hydrogen-bond donors (Lipinski definition) is 2. The van der Waals surface area contributed by atoms with Gasteiger partial charge in [0.1, 0.15) is 11.9 Å². The molecule has 0 saturated carbocycles. The second-order valence-corrected chi connectivity index (χ2v) is 5.18. The third kappa shape index (κ3) is 2.42. The predicted molar refractivity (Wildman–Crippen MR) is 78.4 cm³/mol. The van der Waals surface area contributed by atoms with Crippen molar-refractivity contribution in [2.45, 2.75) is 6.04 Å². The monoisotopic (exact) mass is 291 g/mol. The molecule has 0 unspecified atom stereocenters. The number of fused-ring (bicyclic) bond motifs is 1. The molecule has 1 aliphatic heterocycles. The molecule has 3 rings (SSSR count). The summed E-state index contributed by atoms with van der Waals surface area (Å²) in [6.07, 6.45) is 0. The average Bonchev–Trinajstić information content (AvgIpc) is 2.47. The summed E-state index contributed by atoms with van der Waals surface area (Å²) in [5.41, 5.74) is 0.747. The maximum atomic E-state index is 11.1. The van der Waals surface area contributed by atoms with Gasteiger partial charge in [0, 0.05) is 25.0 Å². The van der Waals surface area contributed by atoms with Crippen LogP contribution in [0.1, 0.15) is 0 Å². The number of aliphatic carboxylic acids is 1. The molecule has 0 spiro atoms. The van der Waals surface area contributed by atoms with Gasteiger partial charge >= 0.3 is 5.97 Å². The lowest BCUT2D eigenvalue weighted by atomic mass is 10.2. The van der Waals surface area contributed by atoms with Gasteiger partial charge in [0.15, 0.2) is 0 Å². The number of nitrogens with zero attached hydrogens (tertiary/aromatic N) is 2. The summed E-state index contributed by atoms with van der Waals surface area (Å²) < 4.78 is 0. The molecule has 1 aromatic carbocycles. The first kappa shape index (κ1) is 13.1. The molecule has 104 valence electrons. The summed E-state index contributed by atoms with van der Waals surface area (Å²) in [6.45, 7) is 1.75. The van der Waals surface area contributed by atoms with Gasteiger partial charge in [-0.25, -0.2) is 4.98 Å². The Morgan fingerprint density at radius 3 is 3.05 bits per heavy atom. The number of aromatic nitrogens is 1. The predicted octanol–water partition coefficient (Wildman–Crippen LogP) is 1.75. The van der Waals surface area contributed by atoms with Crippen LogP contribution in [-0.2, 0) is 4.79 Å². The van der Waals surface area contributed by atoms with E-state index in [0.717, 1.165) is 23.3 Å². The van der Waals surface area contributed by atoms with Gasteiger partial charge in [-0.1, -0.05) is 23.7 Å². The molecule has 2 heterocycles. The average molecular weight is 292 g/mol. The van der Waals surface area contributed by atoms with E-state index in [-0.39, 0.29) is 0 Å². The van der Waals surface area contributed by atoms with E-state index in [2.05, 4.69) is 10.3 Å². The van der Waals surface area contributed by atoms with Gasteiger partial charge in [0.2, 0.25) is 0 Å².